The fourth-order valence-electron chi connectivity index (χ4n) is 2.85. The van der Waals surface area contributed by atoms with Gasteiger partial charge in [-0.2, -0.15) is 0 Å². The van der Waals surface area contributed by atoms with Gasteiger partial charge in [-0.15, -0.1) is 0 Å². The Morgan fingerprint density at radius 3 is 2.64 bits per heavy atom. The second kappa shape index (κ2) is 7.23. The second-order valence-electron chi connectivity index (χ2n) is 5.68. The lowest BCUT2D eigenvalue weighted by molar-refractivity contribution is -0.141. The van der Waals surface area contributed by atoms with E-state index >= 15 is 0 Å². The number of hydrogen-bond donors (Lipinski definition) is 0. The smallest absolute Gasteiger partial charge is 0.330 e. The van der Waals surface area contributed by atoms with Crippen LogP contribution in [0, 0.1) is 5.82 Å². The van der Waals surface area contributed by atoms with E-state index in [1.807, 2.05) is 0 Å². The highest BCUT2D eigenvalue weighted by Crippen LogP contribution is 2.28. The van der Waals surface area contributed by atoms with Crippen LogP contribution >= 0.6 is 15.9 Å². The molecule has 0 radical (unpaired) electrons. The number of anilines is 1. The molecule has 0 N–H and O–H groups in total. The SMILES string of the molecule is COC(=O)C1CN(Cc2cccc(F)c2)C(=O)N1c1ccc(Br)cc1. The molecule has 1 aliphatic heterocycles. The van der Waals surface area contributed by atoms with E-state index in [1.165, 1.54) is 29.0 Å². The Bertz CT molecular complexity index is 797. The van der Waals surface area contributed by atoms with Crippen molar-refractivity contribution >= 4 is 33.6 Å². The molecule has 0 spiro atoms. The number of carbonyl (C=O) groups excluding carboxylic acids is 2. The summed E-state index contributed by atoms with van der Waals surface area (Å²) in [5, 5.41) is 0. The fraction of sp³-hybridized carbons (Fsp3) is 0.222. The van der Waals surface area contributed by atoms with Gasteiger partial charge >= 0.3 is 12.0 Å². The summed E-state index contributed by atoms with van der Waals surface area (Å²) in [6, 6.07) is 12.1. The maximum atomic E-state index is 13.4. The van der Waals surface area contributed by atoms with Gasteiger partial charge in [0, 0.05) is 16.7 Å². The van der Waals surface area contributed by atoms with Crippen molar-refractivity contribution in [2.45, 2.75) is 12.6 Å². The van der Waals surface area contributed by atoms with Crippen LogP contribution in [0.4, 0.5) is 14.9 Å². The molecule has 0 saturated carbocycles. The molecule has 2 aromatic carbocycles. The Morgan fingerprint density at radius 1 is 1.28 bits per heavy atom. The van der Waals surface area contributed by atoms with Crippen LogP contribution in [-0.2, 0) is 16.1 Å². The predicted octanol–water partition coefficient (Wildman–Crippen LogP) is 3.57. The first-order valence-corrected chi connectivity index (χ1v) is 8.45. The lowest BCUT2D eigenvalue weighted by Crippen LogP contribution is -2.40. The van der Waals surface area contributed by atoms with E-state index < -0.39 is 12.0 Å². The van der Waals surface area contributed by atoms with Gasteiger partial charge in [0.05, 0.1) is 13.7 Å². The van der Waals surface area contributed by atoms with Crippen LogP contribution in [0.5, 0.6) is 0 Å². The van der Waals surface area contributed by atoms with Gasteiger partial charge in [-0.3, -0.25) is 4.90 Å². The predicted molar refractivity (Wildman–Crippen MR) is 94.6 cm³/mol. The molecule has 0 aromatic heterocycles. The molecule has 2 aromatic rings. The van der Waals surface area contributed by atoms with E-state index in [0.717, 1.165) is 4.47 Å². The number of ether oxygens (including phenoxy) is 1. The first kappa shape index (κ1) is 17.4. The molecule has 1 fully saturated rings. The molecule has 0 aliphatic carbocycles. The summed E-state index contributed by atoms with van der Waals surface area (Å²) in [6.45, 7) is 0.398. The van der Waals surface area contributed by atoms with Crippen molar-refractivity contribution in [3.63, 3.8) is 0 Å². The maximum Gasteiger partial charge on any atom is 0.330 e. The zero-order chi connectivity index (χ0) is 18.0. The average Bonchev–Trinajstić information content (AvgIpc) is 2.92. The van der Waals surface area contributed by atoms with E-state index in [1.54, 1.807) is 36.4 Å². The van der Waals surface area contributed by atoms with Crippen LogP contribution < -0.4 is 4.90 Å². The summed E-state index contributed by atoms with van der Waals surface area (Å²) in [5.74, 6) is -0.851. The van der Waals surface area contributed by atoms with Gasteiger partial charge in [-0.05, 0) is 42.0 Å². The van der Waals surface area contributed by atoms with Gasteiger partial charge in [0.15, 0.2) is 6.04 Å². The molecule has 5 nitrogen and oxygen atoms in total. The van der Waals surface area contributed by atoms with Crippen LogP contribution in [-0.4, -0.2) is 36.6 Å². The third-order valence-corrected chi connectivity index (χ3v) is 4.55. The molecular weight excluding hydrogens is 391 g/mol. The number of benzene rings is 2. The number of hydrogen-bond acceptors (Lipinski definition) is 3. The van der Waals surface area contributed by atoms with Crippen LogP contribution in [0.2, 0.25) is 0 Å². The number of amides is 2. The molecule has 1 aliphatic rings. The maximum absolute atomic E-state index is 13.4. The monoisotopic (exact) mass is 406 g/mol. The highest BCUT2D eigenvalue weighted by atomic mass is 79.9. The first-order valence-electron chi connectivity index (χ1n) is 7.65. The molecule has 7 heteroatoms. The zero-order valence-electron chi connectivity index (χ0n) is 13.5. The van der Waals surface area contributed by atoms with Gasteiger partial charge in [0.25, 0.3) is 0 Å². The van der Waals surface area contributed by atoms with Crippen LogP contribution in [0.15, 0.2) is 53.0 Å². The topological polar surface area (TPSA) is 49.9 Å². The van der Waals surface area contributed by atoms with Crippen LogP contribution in [0.1, 0.15) is 5.56 Å². The summed E-state index contributed by atoms with van der Waals surface area (Å²) in [4.78, 5) is 27.9. The van der Waals surface area contributed by atoms with Crippen molar-refractivity contribution in [3.8, 4) is 0 Å². The summed E-state index contributed by atoms with van der Waals surface area (Å²) in [7, 11) is 1.29. The van der Waals surface area contributed by atoms with Gasteiger partial charge in [0.1, 0.15) is 5.82 Å². The minimum Gasteiger partial charge on any atom is -0.467 e. The highest BCUT2D eigenvalue weighted by Gasteiger charge is 2.42. The molecule has 1 unspecified atom stereocenters. The number of urea groups is 1. The van der Waals surface area contributed by atoms with Crippen molar-refractivity contribution in [1.29, 1.82) is 0 Å². The standard InChI is InChI=1S/C18H16BrFN2O3/c1-25-17(23)16-11-21(10-12-3-2-4-14(20)9-12)18(24)22(16)15-7-5-13(19)6-8-15/h2-9,16H,10-11H2,1H3. The highest BCUT2D eigenvalue weighted by molar-refractivity contribution is 9.10. The normalized spacial score (nSPS) is 17.1. The van der Waals surface area contributed by atoms with Crippen molar-refractivity contribution in [1.82, 2.24) is 4.90 Å². The van der Waals surface area contributed by atoms with Gasteiger partial charge < -0.3 is 9.64 Å². The van der Waals surface area contributed by atoms with E-state index in [9.17, 15) is 14.0 Å². The number of methoxy groups -OCH3 is 1. The molecule has 1 atom stereocenters. The number of nitrogens with zero attached hydrogens (tertiary/aromatic N) is 2. The minimum atomic E-state index is -0.743. The van der Waals surface area contributed by atoms with Crippen molar-refractivity contribution in [3.05, 3.63) is 64.4 Å². The molecule has 3 rings (SSSR count). The molecule has 2 amide bonds. The second-order valence-corrected chi connectivity index (χ2v) is 6.59. The van der Waals surface area contributed by atoms with Crippen molar-refractivity contribution in [2.75, 3.05) is 18.6 Å². The Labute approximate surface area is 153 Å². The van der Waals surface area contributed by atoms with Crippen LogP contribution in [0.25, 0.3) is 0 Å². The summed E-state index contributed by atoms with van der Waals surface area (Å²) in [5.41, 5.74) is 1.26. The zero-order valence-corrected chi connectivity index (χ0v) is 15.1. The fourth-order valence-corrected chi connectivity index (χ4v) is 3.11. The number of carbonyl (C=O) groups is 2. The van der Waals surface area contributed by atoms with Crippen molar-refractivity contribution < 1.29 is 18.7 Å². The Hall–Kier alpha value is -2.41. The lowest BCUT2D eigenvalue weighted by Gasteiger charge is -2.21. The average molecular weight is 407 g/mol. The van der Waals surface area contributed by atoms with E-state index in [2.05, 4.69) is 15.9 Å². The van der Waals surface area contributed by atoms with Gasteiger partial charge in [-0.1, -0.05) is 28.1 Å². The molecule has 1 heterocycles. The van der Waals surface area contributed by atoms with Gasteiger partial charge in [-0.25, -0.2) is 14.0 Å². The first-order chi connectivity index (χ1) is 12.0. The summed E-state index contributed by atoms with van der Waals surface area (Å²) >= 11 is 3.35. The molecule has 1 saturated heterocycles. The van der Waals surface area contributed by atoms with E-state index in [4.69, 9.17) is 4.74 Å². The minimum absolute atomic E-state index is 0.179. The van der Waals surface area contributed by atoms with Crippen molar-refractivity contribution in [2.24, 2.45) is 0 Å². The van der Waals surface area contributed by atoms with Crippen LogP contribution in [0.3, 0.4) is 0 Å². The third-order valence-electron chi connectivity index (χ3n) is 4.02. The summed E-state index contributed by atoms with van der Waals surface area (Å²) in [6.07, 6.45) is 0. The quantitative estimate of drug-likeness (QED) is 0.729. The molecule has 0 bridgehead atoms. The molecule has 130 valence electrons. The summed E-state index contributed by atoms with van der Waals surface area (Å²) < 4.78 is 19.1. The number of halogens is 2. The largest absolute Gasteiger partial charge is 0.467 e. The Kier molecular flexibility index (Phi) is 5.03. The third kappa shape index (κ3) is 3.66. The van der Waals surface area contributed by atoms with E-state index in [-0.39, 0.29) is 24.9 Å². The molecular formula is C18H16BrFN2O3. The molecule has 25 heavy (non-hydrogen) atoms. The Morgan fingerprint density at radius 2 is 2.00 bits per heavy atom. The van der Waals surface area contributed by atoms with Gasteiger partial charge in [0.2, 0.25) is 0 Å². The lowest BCUT2D eigenvalue weighted by atomic mass is 10.2. The number of rotatable bonds is 4. The van der Waals surface area contributed by atoms with E-state index in [0.29, 0.717) is 11.3 Å². The number of esters is 1. The Balaban J connectivity index is 1.89.